The molecule has 19 heavy (non-hydrogen) atoms. The van der Waals surface area contributed by atoms with E-state index in [9.17, 15) is 8.78 Å². The molecule has 0 saturated heterocycles. The molecule has 0 radical (unpaired) electrons. The Labute approximate surface area is 116 Å². The number of nitrogens with zero attached hydrogens (tertiary/aromatic N) is 2. The summed E-state index contributed by atoms with van der Waals surface area (Å²) in [6.07, 6.45) is 1.35. The molecule has 2 rings (SSSR count). The van der Waals surface area contributed by atoms with Gasteiger partial charge in [0.1, 0.15) is 17.7 Å². The largest absolute Gasteiger partial charge is 0.395 e. The van der Waals surface area contributed by atoms with E-state index in [0.717, 1.165) is 12.1 Å². The van der Waals surface area contributed by atoms with Crippen LogP contribution in [0.5, 0.6) is 0 Å². The molecule has 0 amide bonds. The van der Waals surface area contributed by atoms with Gasteiger partial charge in [0.25, 0.3) is 0 Å². The van der Waals surface area contributed by atoms with Crippen molar-refractivity contribution in [2.75, 3.05) is 11.1 Å². The molecule has 0 unspecified atom stereocenters. The fourth-order valence-electron chi connectivity index (χ4n) is 1.42. The maximum absolute atomic E-state index is 13.6. The molecule has 1 aromatic heterocycles. The summed E-state index contributed by atoms with van der Waals surface area (Å²) in [6.45, 7) is 0. The van der Waals surface area contributed by atoms with Gasteiger partial charge >= 0.3 is 0 Å². The topological polar surface area (TPSA) is 74.7 Å². The Balaban J connectivity index is 2.43. The van der Waals surface area contributed by atoms with Crippen LogP contribution in [0.4, 0.5) is 26.0 Å². The van der Waals surface area contributed by atoms with Crippen LogP contribution < -0.4 is 11.1 Å². The Bertz CT molecular complexity index is 682. The molecule has 0 fully saturated rings. The van der Waals surface area contributed by atoms with Gasteiger partial charge in [-0.2, -0.15) is 5.26 Å². The highest BCUT2D eigenvalue weighted by molar-refractivity contribution is 9.10. The van der Waals surface area contributed by atoms with E-state index >= 15 is 0 Å². The maximum Gasteiger partial charge on any atom is 0.155 e. The number of hydrogen-bond acceptors (Lipinski definition) is 4. The van der Waals surface area contributed by atoms with Crippen molar-refractivity contribution in [2.24, 2.45) is 0 Å². The minimum atomic E-state index is -0.670. The van der Waals surface area contributed by atoms with E-state index in [0.29, 0.717) is 0 Å². The minimum Gasteiger partial charge on any atom is -0.395 e. The quantitative estimate of drug-likeness (QED) is 0.831. The van der Waals surface area contributed by atoms with Crippen molar-refractivity contribution >= 4 is 33.1 Å². The van der Waals surface area contributed by atoms with Gasteiger partial charge in [-0.05, 0) is 28.1 Å². The molecule has 4 nitrogen and oxygen atoms in total. The lowest BCUT2D eigenvalue weighted by Crippen LogP contribution is -2.03. The summed E-state index contributed by atoms with van der Waals surface area (Å²) in [5.74, 6) is -1.20. The predicted octanol–water partition coefficient (Wildman–Crippen LogP) is 3.32. The van der Waals surface area contributed by atoms with Gasteiger partial charge in [0.2, 0.25) is 0 Å². The number of aromatic nitrogens is 1. The number of nitrogens with one attached hydrogen (secondary N) is 1. The Morgan fingerprint density at radius 2 is 2.05 bits per heavy atom. The number of nitriles is 1. The first-order chi connectivity index (χ1) is 9.02. The average molecular weight is 325 g/mol. The van der Waals surface area contributed by atoms with E-state index < -0.39 is 11.6 Å². The minimum absolute atomic E-state index is 0.0160. The molecular formula is C12H7BrF2N4. The molecule has 0 bridgehead atoms. The second kappa shape index (κ2) is 5.20. The lowest BCUT2D eigenvalue weighted by atomic mass is 10.2. The zero-order chi connectivity index (χ0) is 14.0. The van der Waals surface area contributed by atoms with E-state index in [4.69, 9.17) is 11.0 Å². The molecule has 0 atom stereocenters. The van der Waals surface area contributed by atoms with Crippen LogP contribution in [0.25, 0.3) is 0 Å². The van der Waals surface area contributed by atoms with Crippen LogP contribution in [0.1, 0.15) is 5.56 Å². The first kappa shape index (κ1) is 13.2. The summed E-state index contributed by atoms with van der Waals surface area (Å²) >= 11 is 2.88. The van der Waals surface area contributed by atoms with Crippen LogP contribution in [0.3, 0.4) is 0 Å². The summed E-state index contributed by atoms with van der Waals surface area (Å²) in [5.41, 5.74) is 5.85. The van der Waals surface area contributed by atoms with Crippen molar-refractivity contribution in [1.29, 1.82) is 5.26 Å². The van der Waals surface area contributed by atoms with Crippen LogP contribution in [0, 0.1) is 23.0 Å². The van der Waals surface area contributed by atoms with Crippen LogP contribution in [0.15, 0.2) is 28.9 Å². The number of halogens is 3. The number of rotatable bonds is 2. The number of anilines is 3. The lowest BCUT2D eigenvalue weighted by molar-refractivity contribution is 0.598. The third-order valence-corrected chi connectivity index (χ3v) is 2.98. The van der Waals surface area contributed by atoms with Crippen molar-refractivity contribution in [3.8, 4) is 6.07 Å². The van der Waals surface area contributed by atoms with Crippen molar-refractivity contribution in [1.82, 2.24) is 4.98 Å². The summed E-state index contributed by atoms with van der Waals surface area (Å²) in [5, 5.41) is 11.4. The van der Waals surface area contributed by atoms with Gasteiger partial charge in [0.05, 0.1) is 21.4 Å². The second-order valence-corrected chi connectivity index (χ2v) is 4.46. The summed E-state index contributed by atoms with van der Waals surface area (Å²) < 4.78 is 27.0. The fraction of sp³-hybridized carbons (Fsp3) is 0. The fourth-order valence-corrected chi connectivity index (χ4v) is 1.73. The van der Waals surface area contributed by atoms with Crippen molar-refractivity contribution in [3.05, 3.63) is 46.1 Å². The first-order valence-electron chi connectivity index (χ1n) is 5.09. The molecule has 96 valence electrons. The predicted molar refractivity (Wildman–Crippen MR) is 70.7 cm³/mol. The second-order valence-electron chi connectivity index (χ2n) is 3.60. The lowest BCUT2D eigenvalue weighted by Gasteiger charge is -2.10. The number of pyridine rings is 1. The van der Waals surface area contributed by atoms with Crippen molar-refractivity contribution in [3.63, 3.8) is 0 Å². The SMILES string of the molecule is N#Cc1ccnc(Nc2cc(F)c(Br)cc2F)c1N. The van der Waals surface area contributed by atoms with Gasteiger partial charge in [-0.1, -0.05) is 0 Å². The molecule has 0 aliphatic heterocycles. The summed E-state index contributed by atoms with van der Waals surface area (Å²) in [7, 11) is 0. The molecule has 3 N–H and O–H groups in total. The number of benzene rings is 1. The Hall–Kier alpha value is -2.20. The number of nitrogens with two attached hydrogens (primary N) is 1. The molecule has 7 heteroatoms. The van der Waals surface area contributed by atoms with E-state index in [2.05, 4.69) is 26.2 Å². The van der Waals surface area contributed by atoms with Crippen molar-refractivity contribution in [2.45, 2.75) is 0 Å². The van der Waals surface area contributed by atoms with Gasteiger partial charge in [-0.15, -0.1) is 0 Å². The highest BCUT2D eigenvalue weighted by Gasteiger charge is 2.11. The number of nitrogen functional groups attached to an aromatic ring is 1. The van der Waals surface area contributed by atoms with E-state index in [-0.39, 0.29) is 27.2 Å². The highest BCUT2D eigenvalue weighted by Crippen LogP contribution is 2.28. The smallest absolute Gasteiger partial charge is 0.155 e. The van der Waals surface area contributed by atoms with Crippen LogP contribution in [-0.2, 0) is 0 Å². The zero-order valence-corrected chi connectivity index (χ0v) is 11.0. The van der Waals surface area contributed by atoms with Crippen LogP contribution in [0.2, 0.25) is 0 Å². The molecule has 0 spiro atoms. The van der Waals surface area contributed by atoms with E-state index in [1.807, 2.05) is 6.07 Å². The Morgan fingerprint density at radius 3 is 2.74 bits per heavy atom. The monoisotopic (exact) mass is 324 g/mol. The van der Waals surface area contributed by atoms with Gasteiger partial charge in [-0.3, -0.25) is 0 Å². The molecule has 0 aliphatic rings. The van der Waals surface area contributed by atoms with Crippen LogP contribution >= 0.6 is 15.9 Å². The molecule has 1 heterocycles. The Morgan fingerprint density at radius 1 is 1.32 bits per heavy atom. The van der Waals surface area contributed by atoms with Crippen molar-refractivity contribution < 1.29 is 8.78 Å². The summed E-state index contributed by atoms with van der Waals surface area (Å²) in [6, 6.07) is 5.27. The average Bonchev–Trinajstić information content (AvgIpc) is 2.38. The molecular weight excluding hydrogens is 318 g/mol. The molecule has 0 aliphatic carbocycles. The number of hydrogen-bond donors (Lipinski definition) is 2. The Kier molecular flexibility index (Phi) is 3.62. The summed E-state index contributed by atoms with van der Waals surface area (Å²) in [4.78, 5) is 3.89. The van der Waals surface area contributed by atoms with Gasteiger partial charge in [0.15, 0.2) is 5.82 Å². The molecule has 1 aromatic carbocycles. The normalized spacial score (nSPS) is 10.0. The molecule has 2 aromatic rings. The third-order valence-electron chi connectivity index (χ3n) is 2.37. The standard InChI is InChI=1S/C12H7BrF2N4/c13-7-3-9(15)10(4-8(7)14)19-12-11(17)6(5-16)1-2-18-12/h1-4H,17H2,(H,18,19). The highest BCUT2D eigenvalue weighted by atomic mass is 79.9. The van der Waals surface area contributed by atoms with Gasteiger partial charge in [-0.25, -0.2) is 13.8 Å². The van der Waals surface area contributed by atoms with Gasteiger partial charge < -0.3 is 11.1 Å². The third kappa shape index (κ3) is 2.63. The zero-order valence-electron chi connectivity index (χ0n) is 9.42. The maximum atomic E-state index is 13.6. The first-order valence-corrected chi connectivity index (χ1v) is 5.88. The molecule has 0 saturated carbocycles. The van der Waals surface area contributed by atoms with E-state index in [1.54, 1.807) is 0 Å². The van der Waals surface area contributed by atoms with E-state index in [1.165, 1.54) is 12.3 Å². The van der Waals surface area contributed by atoms with Crippen LogP contribution in [-0.4, -0.2) is 4.98 Å². The van der Waals surface area contributed by atoms with Gasteiger partial charge in [0, 0.05) is 12.3 Å².